The first-order valence-electron chi connectivity index (χ1n) is 11.7. The van der Waals surface area contributed by atoms with E-state index >= 15 is 0 Å². The van der Waals surface area contributed by atoms with Gasteiger partial charge in [-0.05, 0) is 44.5 Å². The average Bonchev–Trinajstić information content (AvgIpc) is 3.17. The van der Waals surface area contributed by atoms with Crippen molar-refractivity contribution < 1.29 is 19.1 Å². The van der Waals surface area contributed by atoms with E-state index in [-0.39, 0.29) is 30.4 Å². The molecule has 0 aliphatic carbocycles. The highest BCUT2D eigenvalue weighted by Gasteiger charge is 2.36. The van der Waals surface area contributed by atoms with Gasteiger partial charge in [-0.15, -0.1) is 0 Å². The summed E-state index contributed by atoms with van der Waals surface area (Å²) >= 11 is 0. The number of amides is 2. The Morgan fingerprint density at radius 2 is 1.76 bits per heavy atom. The second-order valence-electron chi connectivity index (χ2n) is 8.90. The maximum atomic E-state index is 13.1. The second-order valence-corrected chi connectivity index (χ2v) is 8.90. The molecule has 2 aromatic rings. The third-order valence-electron chi connectivity index (χ3n) is 6.12. The molecule has 2 saturated heterocycles. The number of hydrogen-bond donors (Lipinski definition) is 1. The molecule has 0 bridgehead atoms. The summed E-state index contributed by atoms with van der Waals surface area (Å²) in [7, 11) is 0. The number of ether oxygens (including phenoxy) is 2. The van der Waals surface area contributed by atoms with Crippen molar-refractivity contribution in [2.75, 3.05) is 36.5 Å². The molecular formula is C26H33N3O4. The summed E-state index contributed by atoms with van der Waals surface area (Å²) in [6, 6.07) is 15.4. The van der Waals surface area contributed by atoms with Crippen LogP contribution in [0.1, 0.15) is 32.8 Å². The van der Waals surface area contributed by atoms with E-state index in [4.69, 9.17) is 9.47 Å². The highest BCUT2D eigenvalue weighted by molar-refractivity contribution is 6.04. The van der Waals surface area contributed by atoms with Gasteiger partial charge in [0.05, 0.1) is 30.4 Å². The molecule has 2 heterocycles. The van der Waals surface area contributed by atoms with Crippen molar-refractivity contribution in [3.05, 3.63) is 54.1 Å². The molecule has 0 saturated carbocycles. The van der Waals surface area contributed by atoms with Gasteiger partial charge in [0.1, 0.15) is 5.75 Å². The van der Waals surface area contributed by atoms with Crippen LogP contribution in [0.25, 0.3) is 0 Å². The molecule has 1 N–H and O–H groups in total. The smallest absolute Gasteiger partial charge is 0.229 e. The van der Waals surface area contributed by atoms with Gasteiger partial charge in [-0.2, -0.15) is 0 Å². The van der Waals surface area contributed by atoms with Crippen LogP contribution in [0.2, 0.25) is 0 Å². The number of nitrogens with zero attached hydrogens (tertiary/aromatic N) is 2. The van der Waals surface area contributed by atoms with Gasteiger partial charge in [0.25, 0.3) is 0 Å². The number of nitrogens with one attached hydrogen (secondary N) is 1. The van der Waals surface area contributed by atoms with E-state index in [2.05, 4.69) is 24.1 Å². The predicted molar refractivity (Wildman–Crippen MR) is 128 cm³/mol. The molecule has 2 aliphatic heterocycles. The van der Waals surface area contributed by atoms with E-state index in [1.165, 1.54) is 0 Å². The summed E-state index contributed by atoms with van der Waals surface area (Å²) in [6.07, 6.45) is 0.559. The zero-order valence-electron chi connectivity index (χ0n) is 19.6. The van der Waals surface area contributed by atoms with Gasteiger partial charge in [0.2, 0.25) is 11.8 Å². The monoisotopic (exact) mass is 451 g/mol. The first kappa shape index (κ1) is 23.3. The van der Waals surface area contributed by atoms with E-state index in [1.54, 1.807) is 4.90 Å². The average molecular weight is 452 g/mol. The number of carbonyl (C=O) groups excluding carboxylic acids is 2. The molecule has 7 heteroatoms. The van der Waals surface area contributed by atoms with Crippen molar-refractivity contribution in [3.8, 4) is 5.75 Å². The Kier molecular flexibility index (Phi) is 7.30. The summed E-state index contributed by atoms with van der Waals surface area (Å²) in [5.74, 6) is 0.0557. The molecule has 2 fully saturated rings. The maximum absolute atomic E-state index is 13.1. The van der Waals surface area contributed by atoms with Gasteiger partial charge in [-0.1, -0.05) is 30.3 Å². The van der Waals surface area contributed by atoms with Crippen LogP contribution >= 0.6 is 0 Å². The quantitative estimate of drug-likeness (QED) is 0.695. The van der Waals surface area contributed by atoms with Crippen molar-refractivity contribution in [1.29, 1.82) is 0 Å². The van der Waals surface area contributed by atoms with Crippen LogP contribution in [0.4, 0.5) is 11.4 Å². The van der Waals surface area contributed by atoms with Crippen LogP contribution in [-0.4, -0.2) is 55.2 Å². The lowest BCUT2D eigenvalue weighted by Crippen LogP contribution is -2.44. The van der Waals surface area contributed by atoms with Gasteiger partial charge in [-0.3, -0.25) is 14.5 Å². The highest BCUT2D eigenvalue weighted by Crippen LogP contribution is 2.33. The van der Waals surface area contributed by atoms with Crippen molar-refractivity contribution in [3.63, 3.8) is 0 Å². The van der Waals surface area contributed by atoms with Crippen molar-refractivity contribution in [1.82, 2.24) is 4.90 Å². The number of benzene rings is 2. The zero-order valence-corrected chi connectivity index (χ0v) is 19.6. The number of rotatable bonds is 7. The van der Waals surface area contributed by atoms with Crippen LogP contribution in [0.5, 0.6) is 5.75 Å². The fraction of sp³-hybridized carbons (Fsp3) is 0.462. The van der Waals surface area contributed by atoms with Crippen LogP contribution in [0.3, 0.4) is 0 Å². The molecule has 4 rings (SSSR count). The van der Waals surface area contributed by atoms with E-state index in [1.807, 2.05) is 55.5 Å². The van der Waals surface area contributed by atoms with Gasteiger partial charge < -0.3 is 19.7 Å². The van der Waals surface area contributed by atoms with Gasteiger partial charge in [0.15, 0.2) is 0 Å². The minimum atomic E-state index is -0.413. The first-order valence-corrected chi connectivity index (χ1v) is 11.7. The lowest BCUT2D eigenvalue weighted by atomic mass is 10.1. The first-order chi connectivity index (χ1) is 15.9. The second kappa shape index (κ2) is 10.4. The summed E-state index contributed by atoms with van der Waals surface area (Å²) in [5, 5.41) is 3.09. The third-order valence-corrected chi connectivity index (χ3v) is 6.12. The summed E-state index contributed by atoms with van der Waals surface area (Å²) in [6.45, 7) is 9.40. The molecule has 0 aromatic heterocycles. The van der Waals surface area contributed by atoms with Crippen molar-refractivity contribution in [2.24, 2.45) is 5.92 Å². The molecule has 33 heavy (non-hydrogen) atoms. The summed E-state index contributed by atoms with van der Waals surface area (Å²) in [4.78, 5) is 29.9. The number of morpholine rings is 1. The molecular weight excluding hydrogens is 418 g/mol. The van der Waals surface area contributed by atoms with E-state index < -0.39 is 5.92 Å². The Balaban J connectivity index is 1.44. The summed E-state index contributed by atoms with van der Waals surface area (Å²) in [5.41, 5.74) is 2.58. The van der Waals surface area contributed by atoms with E-state index in [0.29, 0.717) is 18.9 Å². The molecule has 0 spiro atoms. The third kappa shape index (κ3) is 5.54. The molecule has 176 valence electrons. The van der Waals surface area contributed by atoms with Crippen LogP contribution in [0, 0.1) is 5.92 Å². The minimum absolute atomic E-state index is 0.0631. The SMILES string of the molecule is CCOc1ccccc1N1CC(C(=O)Nc2ccccc2CN2CC(C)OC(C)C2)CC1=O. The fourth-order valence-electron chi connectivity index (χ4n) is 4.74. The predicted octanol–water partition coefficient (Wildman–Crippen LogP) is 3.69. The van der Waals surface area contributed by atoms with Crippen LogP contribution < -0.4 is 15.0 Å². The van der Waals surface area contributed by atoms with E-state index in [0.717, 1.165) is 36.6 Å². The largest absolute Gasteiger partial charge is 0.492 e. The minimum Gasteiger partial charge on any atom is -0.492 e. The normalized spacial score (nSPS) is 23.5. The van der Waals surface area contributed by atoms with Crippen LogP contribution in [-0.2, 0) is 20.9 Å². The van der Waals surface area contributed by atoms with Gasteiger partial charge >= 0.3 is 0 Å². The Labute approximate surface area is 195 Å². The van der Waals surface area contributed by atoms with Gasteiger partial charge in [0, 0.05) is 38.3 Å². The maximum Gasteiger partial charge on any atom is 0.229 e. The summed E-state index contributed by atoms with van der Waals surface area (Å²) < 4.78 is 11.5. The number of para-hydroxylation sites is 3. The molecule has 3 atom stereocenters. The molecule has 2 amide bonds. The standard InChI is InChI=1S/C26H33N3O4/c1-4-32-24-12-8-7-11-23(24)29-17-21(13-25(29)30)26(31)27-22-10-6-5-9-20(22)16-28-14-18(2)33-19(3)15-28/h5-12,18-19,21H,4,13-17H2,1-3H3,(H,27,31). The Morgan fingerprint density at radius 1 is 1.06 bits per heavy atom. The van der Waals surface area contributed by atoms with Crippen LogP contribution in [0.15, 0.2) is 48.5 Å². The highest BCUT2D eigenvalue weighted by atomic mass is 16.5. The zero-order chi connectivity index (χ0) is 23.4. The lowest BCUT2D eigenvalue weighted by molar-refractivity contribution is -0.122. The number of carbonyl (C=O) groups is 2. The number of hydrogen-bond acceptors (Lipinski definition) is 5. The molecule has 2 aromatic carbocycles. The van der Waals surface area contributed by atoms with E-state index in [9.17, 15) is 9.59 Å². The van der Waals surface area contributed by atoms with Crippen molar-refractivity contribution >= 4 is 23.2 Å². The van der Waals surface area contributed by atoms with Crippen molar-refractivity contribution in [2.45, 2.75) is 45.9 Å². The Morgan fingerprint density at radius 3 is 2.52 bits per heavy atom. The number of anilines is 2. The Hall–Kier alpha value is -2.90. The molecule has 3 unspecified atom stereocenters. The lowest BCUT2D eigenvalue weighted by Gasteiger charge is -2.35. The molecule has 2 aliphatic rings. The topological polar surface area (TPSA) is 71.1 Å². The van der Waals surface area contributed by atoms with Gasteiger partial charge in [-0.25, -0.2) is 0 Å². The fourth-order valence-corrected chi connectivity index (χ4v) is 4.74. The Bertz CT molecular complexity index is 985. The molecule has 7 nitrogen and oxygen atoms in total. The molecule has 0 radical (unpaired) electrons.